The molecule has 174 valence electrons. The molecule has 1 aromatic rings. The molecule has 0 spiro atoms. The summed E-state index contributed by atoms with van der Waals surface area (Å²) in [5, 5.41) is 34.1. The van der Waals surface area contributed by atoms with Crippen LogP contribution in [0.2, 0.25) is 0 Å². The fourth-order valence-corrected chi connectivity index (χ4v) is 6.23. The Balaban J connectivity index is 1.90. The van der Waals surface area contributed by atoms with Gasteiger partial charge >= 0.3 is 0 Å². The van der Waals surface area contributed by atoms with Crippen LogP contribution in [-0.4, -0.2) is 38.7 Å². The monoisotopic (exact) mass is 432 g/mol. The van der Waals surface area contributed by atoms with Crippen LogP contribution in [0.1, 0.15) is 105 Å². The number of hydrogen-bond acceptors (Lipinski definition) is 5. The first-order valence-electron chi connectivity index (χ1n) is 11.6. The van der Waals surface area contributed by atoms with E-state index in [2.05, 4.69) is 41.5 Å². The fraction of sp³-hybridized carbons (Fsp3) is 0.769. The van der Waals surface area contributed by atoms with Crippen LogP contribution in [0.3, 0.4) is 0 Å². The Morgan fingerprint density at radius 1 is 0.645 bits per heavy atom. The van der Waals surface area contributed by atoms with Crippen molar-refractivity contribution in [1.82, 2.24) is 0 Å². The molecule has 3 aliphatic rings. The molecule has 31 heavy (non-hydrogen) atoms. The van der Waals surface area contributed by atoms with Gasteiger partial charge in [0.1, 0.15) is 5.75 Å². The number of phenols is 3. The number of rotatable bonds is 1. The third kappa shape index (κ3) is 2.56. The smallest absolute Gasteiger partial charge is 0.165 e. The third-order valence-electron chi connectivity index (χ3n) is 10.1. The molecule has 1 aromatic carbocycles. The molecule has 5 heteroatoms. The van der Waals surface area contributed by atoms with Crippen LogP contribution in [0.4, 0.5) is 0 Å². The Morgan fingerprint density at radius 3 is 1.68 bits per heavy atom. The first-order valence-corrected chi connectivity index (χ1v) is 11.6. The summed E-state index contributed by atoms with van der Waals surface area (Å²) in [5.74, 6) is -0.467. The Bertz CT molecular complexity index is 938. The summed E-state index contributed by atoms with van der Waals surface area (Å²) in [4.78, 5) is 0. The van der Waals surface area contributed by atoms with Crippen LogP contribution >= 0.6 is 0 Å². The predicted octanol–water partition coefficient (Wildman–Crippen LogP) is 5.62. The van der Waals surface area contributed by atoms with E-state index in [1.54, 1.807) is 0 Å². The molecule has 0 aromatic heterocycles. The summed E-state index contributed by atoms with van der Waals surface area (Å²) < 4.78 is 13.0. The second kappa shape index (κ2) is 6.11. The van der Waals surface area contributed by atoms with Gasteiger partial charge in [0.25, 0.3) is 0 Å². The van der Waals surface area contributed by atoms with E-state index in [1.807, 2.05) is 27.7 Å². The highest BCUT2D eigenvalue weighted by Crippen LogP contribution is 2.68. The standard InChI is InChI=1S/C26H40O5/c1-22(2)16-17(23(3,4)24(22,5)6)20(29)19(28)15(18(16)27)13-11-12-14-21(13)31-26(9,10)25(7,8)30-14/h13-14,21,27-29H,11-12H2,1-10H3. The van der Waals surface area contributed by atoms with Crippen LogP contribution < -0.4 is 0 Å². The Kier molecular flexibility index (Phi) is 4.48. The van der Waals surface area contributed by atoms with Crippen molar-refractivity contribution >= 4 is 0 Å². The van der Waals surface area contributed by atoms with E-state index in [4.69, 9.17) is 9.47 Å². The average Bonchev–Trinajstić information content (AvgIpc) is 3.02. The highest BCUT2D eigenvalue weighted by Gasteiger charge is 2.61. The molecule has 3 N–H and O–H groups in total. The Labute approximate surface area is 186 Å². The first-order chi connectivity index (χ1) is 13.9. The van der Waals surface area contributed by atoms with E-state index < -0.39 is 22.0 Å². The average molecular weight is 433 g/mol. The number of ether oxygens (including phenoxy) is 2. The fourth-order valence-electron chi connectivity index (χ4n) is 6.23. The molecule has 2 aliphatic carbocycles. The molecular weight excluding hydrogens is 392 g/mol. The molecule has 4 rings (SSSR count). The quantitative estimate of drug-likeness (QED) is 0.397. The molecule has 2 fully saturated rings. The van der Waals surface area contributed by atoms with Gasteiger partial charge in [-0.15, -0.1) is 0 Å². The van der Waals surface area contributed by atoms with E-state index in [9.17, 15) is 15.3 Å². The van der Waals surface area contributed by atoms with E-state index >= 15 is 0 Å². The van der Waals surface area contributed by atoms with Gasteiger partial charge in [-0.2, -0.15) is 0 Å². The zero-order chi connectivity index (χ0) is 23.5. The van der Waals surface area contributed by atoms with E-state index in [1.165, 1.54) is 0 Å². The molecule has 0 amide bonds. The summed E-state index contributed by atoms with van der Waals surface area (Å²) in [5.41, 5.74) is -0.253. The van der Waals surface area contributed by atoms with Gasteiger partial charge in [0, 0.05) is 22.6 Å². The van der Waals surface area contributed by atoms with Crippen LogP contribution in [0.5, 0.6) is 17.2 Å². The minimum absolute atomic E-state index is 0.103. The normalized spacial score (nSPS) is 33.7. The largest absolute Gasteiger partial charge is 0.507 e. The second-order valence-electron chi connectivity index (χ2n) is 12.5. The molecule has 1 saturated carbocycles. The topological polar surface area (TPSA) is 79.2 Å². The molecule has 1 aliphatic heterocycles. The molecule has 1 saturated heterocycles. The van der Waals surface area contributed by atoms with Gasteiger partial charge in [-0.3, -0.25) is 0 Å². The minimum atomic E-state index is -0.524. The second-order valence-corrected chi connectivity index (χ2v) is 12.5. The molecule has 3 atom stereocenters. The molecule has 1 heterocycles. The first kappa shape index (κ1) is 22.7. The summed E-state index contributed by atoms with van der Waals surface area (Å²) >= 11 is 0. The van der Waals surface area contributed by atoms with E-state index in [0.717, 1.165) is 12.0 Å². The van der Waals surface area contributed by atoms with Crippen molar-refractivity contribution in [2.24, 2.45) is 5.41 Å². The molecule has 0 radical (unpaired) electrons. The van der Waals surface area contributed by atoms with Crippen LogP contribution in [-0.2, 0) is 20.3 Å². The van der Waals surface area contributed by atoms with E-state index in [0.29, 0.717) is 17.5 Å². The van der Waals surface area contributed by atoms with Gasteiger partial charge in [0.05, 0.1) is 23.4 Å². The van der Waals surface area contributed by atoms with Crippen molar-refractivity contribution in [2.45, 2.75) is 122 Å². The van der Waals surface area contributed by atoms with Gasteiger partial charge in [0.15, 0.2) is 11.5 Å². The summed E-state index contributed by atoms with van der Waals surface area (Å²) in [6.07, 6.45) is 1.10. The maximum Gasteiger partial charge on any atom is 0.165 e. The Morgan fingerprint density at radius 2 is 1.13 bits per heavy atom. The van der Waals surface area contributed by atoms with Crippen molar-refractivity contribution in [3.63, 3.8) is 0 Å². The minimum Gasteiger partial charge on any atom is -0.507 e. The van der Waals surface area contributed by atoms with Gasteiger partial charge < -0.3 is 24.8 Å². The van der Waals surface area contributed by atoms with Gasteiger partial charge in [-0.1, -0.05) is 41.5 Å². The van der Waals surface area contributed by atoms with Crippen LogP contribution in [0, 0.1) is 5.41 Å². The zero-order valence-electron chi connectivity index (χ0n) is 20.8. The lowest BCUT2D eigenvalue weighted by Crippen LogP contribution is -2.59. The SMILES string of the molecule is CC1(C)OC2CCC(c3c(O)c(O)c4c(c3O)C(C)(C)C(C)(C)C4(C)C)C2OC1(C)C. The number of benzene rings is 1. The van der Waals surface area contributed by atoms with Crippen molar-refractivity contribution in [2.75, 3.05) is 0 Å². The highest BCUT2D eigenvalue weighted by molar-refractivity contribution is 5.70. The van der Waals surface area contributed by atoms with Crippen LogP contribution in [0.15, 0.2) is 0 Å². The molecular formula is C26H40O5. The summed E-state index contributed by atoms with van der Waals surface area (Å²) in [7, 11) is 0. The predicted molar refractivity (Wildman–Crippen MR) is 121 cm³/mol. The lowest BCUT2D eigenvalue weighted by molar-refractivity contribution is -0.288. The van der Waals surface area contributed by atoms with Crippen molar-refractivity contribution < 1.29 is 24.8 Å². The number of fused-ring (bicyclic) bond motifs is 2. The van der Waals surface area contributed by atoms with Crippen molar-refractivity contribution in [3.8, 4) is 17.2 Å². The maximum atomic E-state index is 11.6. The highest BCUT2D eigenvalue weighted by atomic mass is 16.6. The van der Waals surface area contributed by atoms with Crippen molar-refractivity contribution in [3.05, 3.63) is 16.7 Å². The van der Waals surface area contributed by atoms with Gasteiger partial charge in [-0.05, 0) is 56.8 Å². The Hall–Kier alpha value is -1.46. The summed E-state index contributed by atoms with van der Waals surface area (Å²) in [6, 6.07) is 0. The van der Waals surface area contributed by atoms with Crippen LogP contribution in [0.25, 0.3) is 0 Å². The third-order valence-corrected chi connectivity index (χ3v) is 10.1. The van der Waals surface area contributed by atoms with Gasteiger partial charge in [0.2, 0.25) is 0 Å². The van der Waals surface area contributed by atoms with Crippen molar-refractivity contribution in [1.29, 1.82) is 0 Å². The lowest BCUT2D eigenvalue weighted by Gasteiger charge is -2.51. The van der Waals surface area contributed by atoms with E-state index in [-0.39, 0.29) is 40.8 Å². The van der Waals surface area contributed by atoms with Gasteiger partial charge in [-0.25, -0.2) is 0 Å². The number of phenolic OH excluding ortho intramolecular Hbond substituents is 3. The number of hydrogen-bond donors (Lipinski definition) is 3. The molecule has 3 unspecified atom stereocenters. The number of aromatic hydroxyl groups is 3. The lowest BCUT2D eigenvalue weighted by atomic mass is 9.59. The maximum absolute atomic E-state index is 11.6. The summed E-state index contributed by atoms with van der Waals surface area (Å²) in [6.45, 7) is 20.8. The molecule has 0 bridgehead atoms. The zero-order valence-corrected chi connectivity index (χ0v) is 20.8. The molecule has 5 nitrogen and oxygen atoms in total.